The van der Waals surface area contributed by atoms with Crippen LogP contribution in [0.4, 0.5) is 0 Å². The third-order valence-corrected chi connectivity index (χ3v) is 2.55. The van der Waals surface area contributed by atoms with E-state index in [0.717, 1.165) is 0 Å². The number of carbonyl (C=O) groups excluding carboxylic acids is 1. The van der Waals surface area contributed by atoms with Gasteiger partial charge in [0.25, 0.3) is 10.1 Å². The first-order valence-corrected chi connectivity index (χ1v) is 6.54. The average Bonchev–Trinajstić information content (AvgIpc) is 2.22. The van der Waals surface area contributed by atoms with Gasteiger partial charge in [-0.1, -0.05) is 12.7 Å². The number of esters is 1. The number of hydrogen-bond acceptors (Lipinski definition) is 5. The van der Waals surface area contributed by atoms with E-state index in [0.29, 0.717) is 6.08 Å². The van der Waals surface area contributed by atoms with Crippen molar-refractivity contribution in [3.63, 3.8) is 0 Å². The van der Waals surface area contributed by atoms with Gasteiger partial charge in [0, 0.05) is 11.6 Å². The summed E-state index contributed by atoms with van der Waals surface area (Å²) in [6.07, 6.45) is 1.76. The van der Waals surface area contributed by atoms with Gasteiger partial charge in [-0.25, -0.2) is 9.59 Å². The summed E-state index contributed by atoms with van der Waals surface area (Å²) in [5.41, 5.74) is -0.173. The second-order valence-corrected chi connectivity index (χ2v) is 4.86. The van der Waals surface area contributed by atoms with Gasteiger partial charge in [0.2, 0.25) is 0 Å². The summed E-state index contributed by atoms with van der Waals surface area (Å²) in [7, 11) is -4.13. The van der Waals surface area contributed by atoms with Crippen molar-refractivity contribution in [2.45, 2.75) is 12.8 Å². The third-order valence-electron chi connectivity index (χ3n) is 1.74. The number of rotatable bonds is 8. The van der Waals surface area contributed by atoms with Gasteiger partial charge in [-0.05, 0) is 12.8 Å². The Morgan fingerprint density at radius 3 is 2.39 bits per heavy atom. The summed E-state index contributed by atoms with van der Waals surface area (Å²) in [6, 6.07) is 0. The summed E-state index contributed by atoms with van der Waals surface area (Å²) in [5.74, 6) is -2.75. The maximum Gasteiger partial charge on any atom is 0.334 e. The number of carboxylic acid groups (broad SMARTS) is 1. The van der Waals surface area contributed by atoms with Crippen molar-refractivity contribution in [3.05, 3.63) is 24.3 Å². The van der Waals surface area contributed by atoms with Crippen LogP contribution in [-0.4, -0.2) is 42.4 Å². The van der Waals surface area contributed by atoms with Gasteiger partial charge in [-0.2, -0.15) is 8.42 Å². The SMILES string of the molecule is C=CCOC(=O)/C(=C\C(=O)O)CCCS(=O)(=O)O. The summed E-state index contributed by atoms with van der Waals surface area (Å²) in [6.45, 7) is 3.25. The lowest BCUT2D eigenvalue weighted by molar-refractivity contribution is -0.139. The van der Waals surface area contributed by atoms with Crippen molar-refractivity contribution >= 4 is 22.1 Å². The Kier molecular flexibility index (Phi) is 6.91. The van der Waals surface area contributed by atoms with Crippen molar-refractivity contribution in [2.75, 3.05) is 12.4 Å². The van der Waals surface area contributed by atoms with Crippen LogP contribution in [-0.2, 0) is 24.4 Å². The zero-order valence-corrected chi connectivity index (χ0v) is 10.4. The van der Waals surface area contributed by atoms with Crippen LogP contribution in [0.25, 0.3) is 0 Å². The Morgan fingerprint density at radius 2 is 1.94 bits per heavy atom. The number of aliphatic carboxylic acids is 1. The van der Waals surface area contributed by atoms with E-state index in [-0.39, 0.29) is 25.0 Å². The van der Waals surface area contributed by atoms with Gasteiger partial charge in [-0.15, -0.1) is 0 Å². The molecule has 0 aromatic rings. The van der Waals surface area contributed by atoms with Crippen LogP contribution in [0.3, 0.4) is 0 Å². The largest absolute Gasteiger partial charge is 0.478 e. The highest BCUT2D eigenvalue weighted by Gasteiger charge is 2.14. The molecule has 0 unspecified atom stereocenters. The number of carboxylic acids is 1. The standard InChI is InChI=1S/C10H14O7S/c1-2-5-17-10(13)8(7-9(11)12)4-3-6-18(14,15)16/h2,7H,1,3-6H2,(H,11,12)(H,14,15,16)/b8-7-. The topological polar surface area (TPSA) is 118 Å². The molecule has 0 aliphatic heterocycles. The van der Waals surface area contributed by atoms with Gasteiger partial charge < -0.3 is 9.84 Å². The predicted molar refractivity (Wildman–Crippen MR) is 62.5 cm³/mol. The predicted octanol–water partition coefficient (Wildman–Crippen LogP) is 0.395. The zero-order chi connectivity index (χ0) is 14.2. The molecule has 0 saturated heterocycles. The Balaban J connectivity index is 4.56. The minimum Gasteiger partial charge on any atom is -0.478 e. The molecular weight excluding hydrogens is 264 g/mol. The molecule has 18 heavy (non-hydrogen) atoms. The molecule has 0 aliphatic carbocycles. The van der Waals surface area contributed by atoms with Crippen molar-refractivity contribution in [1.82, 2.24) is 0 Å². The molecule has 102 valence electrons. The van der Waals surface area contributed by atoms with Crippen LogP contribution in [0, 0.1) is 0 Å². The molecule has 0 spiro atoms. The van der Waals surface area contributed by atoms with E-state index in [2.05, 4.69) is 11.3 Å². The second kappa shape index (κ2) is 7.62. The first-order chi connectivity index (χ1) is 8.26. The molecule has 8 heteroatoms. The molecule has 0 radical (unpaired) electrons. The fourth-order valence-corrected chi connectivity index (χ4v) is 1.56. The van der Waals surface area contributed by atoms with E-state index < -0.39 is 27.8 Å². The maximum atomic E-state index is 11.4. The molecule has 2 N–H and O–H groups in total. The maximum absolute atomic E-state index is 11.4. The van der Waals surface area contributed by atoms with Crippen LogP contribution in [0.1, 0.15) is 12.8 Å². The molecule has 0 aromatic heterocycles. The van der Waals surface area contributed by atoms with Crippen molar-refractivity contribution in [2.24, 2.45) is 0 Å². The average molecular weight is 278 g/mol. The highest BCUT2D eigenvalue weighted by Crippen LogP contribution is 2.09. The summed E-state index contributed by atoms with van der Waals surface area (Å²) < 4.78 is 34.1. The zero-order valence-electron chi connectivity index (χ0n) is 9.53. The Morgan fingerprint density at radius 1 is 1.33 bits per heavy atom. The Labute approximate surface area is 105 Å². The van der Waals surface area contributed by atoms with Gasteiger partial charge >= 0.3 is 11.9 Å². The highest BCUT2D eigenvalue weighted by molar-refractivity contribution is 7.85. The second-order valence-electron chi connectivity index (χ2n) is 3.28. The normalized spacial score (nSPS) is 11.9. The first kappa shape index (κ1) is 16.3. The number of carbonyl (C=O) groups is 2. The Bertz CT molecular complexity index is 447. The van der Waals surface area contributed by atoms with Crippen LogP contribution in [0.5, 0.6) is 0 Å². The van der Waals surface area contributed by atoms with E-state index in [4.69, 9.17) is 9.66 Å². The molecule has 0 aliphatic rings. The molecule has 0 heterocycles. The summed E-state index contributed by atoms with van der Waals surface area (Å²) >= 11 is 0. The molecule has 0 amide bonds. The van der Waals surface area contributed by atoms with Gasteiger partial charge in [-0.3, -0.25) is 4.55 Å². The summed E-state index contributed by atoms with van der Waals surface area (Å²) in [4.78, 5) is 21.9. The van der Waals surface area contributed by atoms with Crippen LogP contribution in [0.2, 0.25) is 0 Å². The molecule has 0 aromatic carbocycles. The van der Waals surface area contributed by atoms with E-state index in [1.54, 1.807) is 0 Å². The molecular formula is C10H14O7S. The fourth-order valence-electron chi connectivity index (χ4n) is 1.05. The van der Waals surface area contributed by atoms with E-state index >= 15 is 0 Å². The van der Waals surface area contributed by atoms with E-state index in [1.165, 1.54) is 6.08 Å². The Hall–Kier alpha value is -1.67. The molecule has 0 bridgehead atoms. The lowest BCUT2D eigenvalue weighted by Gasteiger charge is -2.05. The van der Waals surface area contributed by atoms with Gasteiger partial charge in [0.15, 0.2) is 0 Å². The van der Waals surface area contributed by atoms with Crippen molar-refractivity contribution in [1.29, 1.82) is 0 Å². The first-order valence-electron chi connectivity index (χ1n) is 4.93. The molecule has 0 fully saturated rings. The molecule has 0 rings (SSSR count). The van der Waals surface area contributed by atoms with Crippen LogP contribution in [0.15, 0.2) is 24.3 Å². The fraction of sp³-hybridized carbons (Fsp3) is 0.400. The minimum absolute atomic E-state index is 0.0753. The summed E-state index contributed by atoms with van der Waals surface area (Å²) in [5, 5.41) is 8.55. The third kappa shape index (κ3) is 8.48. The highest BCUT2D eigenvalue weighted by atomic mass is 32.2. The minimum atomic E-state index is -4.13. The van der Waals surface area contributed by atoms with Crippen molar-refractivity contribution in [3.8, 4) is 0 Å². The lowest BCUT2D eigenvalue weighted by atomic mass is 10.1. The quantitative estimate of drug-likeness (QED) is 0.285. The van der Waals surface area contributed by atoms with Crippen molar-refractivity contribution < 1.29 is 32.4 Å². The number of ether oxygens (including phenoxy) is 1. The molecule has 0 saturated carbocycles. The lowest BCUT2D eigenvalue weighted by Crippen LogP contribution is -2.12. The number of hydrogen-bond donors (Lipinski definition) is 2. The van der Waals surface area contributed by atoms with Crippen LogP contribution < -0.4 is 0 Å². The van der Waals surface area contributed by atoms with E-state index in [1.807, 2.05) is 0 Å². The molecule has 7 nitrogen and oxygen atoms in total. The molecule has 0 atom stereocenters. The van der Waals surface area contributed by atoms with Gasteiger partial charge in [0.1, 0.15) is 6.61 Å². The van der Waals surface area contributed by atoms with E-state index in [9.17, 15) is 18.0 Å². The van der Waals surface area contributed by atoms with Gasteiger partial charge in [0.05, 0.1) is 5.75 Å². The van der Waals surface area contributed by atoms with Crippen LogP contribution >= 0.6 is 0 Å². The smallest absolute Gasteiger partial charge is 0.334 e. The monoisotopic (exact) mass is 278 g/mol.